The van der Waals surface area contributed by atoms with Gasteiger partial charge in [-0.05, 0) is 174 Å². The van der Waals surface area contributed by atoms with Crippen LogP contribution in [-0.2, 0) is 21.7 Å². The van der Waals surface area contributed by atoms with Crippen LogP contribution >= 0.6 is 47.8 Å². The van der Waals surface area contributed by atoms with Gasteiger partial charge in [0.2, 0.25) is 0 Å². The lowest BCUT2D eigenvalue weighted by Gasteiger charge is -2.34. The molecule has 0 aliphatic heterocycles. The normalized spacial score (nSPS) is 15.7. The first-order chi connectivity index (χ1) is 37.9. The molecule has 2 aliphatic rings. The number of halogens is 3. The molecule has 0 heterocycles. The summed E-state index contributed by atoms with van der Waals surface area (Å²) in [5, 5.41) is 10.0. The molecule has 79 heavy (non-hydrogen) atoms. The number of ether oxygens (including phenoxy) is 1. The van der Waals surface area contributed by atoms with E-state index >= 15 is 0 Å². The largest absolute Gasteiger partial charge is 0.508 e. The van der Waals surface area contributed by atoms with E-state index in [2.05, 4.69) is 247 Å². The first kappa shape index (κ1) is 54.9. The van der Waals surface area contributed by atoms with Gasteiger partial charge in [-0.15, -0.1) is 0 Å². The summed E-state index contributed by atoms with van der Waals surface area (Å²) in [6, 6.07) is 79.3. The Kier molecular flexibility index (Phi) is 15.6. The third-order valence-electron chi connectivity index (χ3n) is 15.2. The van der Waals surface area contributed by atoms with Crippen molar-refractivity contribution in [1.29, 1.82) is 0 Å². The fraction of sp³-hybridized carbons (Fsp3) is 0.139. The molecule has 4 nitrogen and oxygen atoms in total. The van der Waals surface area contributed by atoms with Crippen molar-refractivity contribution in [2.75, 3.05) is 0 Å². The molecule has 2 atom stereocenters. The van der Waals surface area contributed by atoms with Crippen LogP contribution in [0, 0.1) is 0 Å². The topological polar surface area (TPSA) is 63.6 Å². The number of carbonyl (C=O) groups is 2. The van der Waals surface area contributed by atoms with E-state index in [1.54, 1.807) is 36.4 Å². The maximum atomic E-state index is 11.0. The highest BCUT2D eigenvalue weighted by atomic mass is 79.9. The number of phenols is 1. The highest BCUT2D eigenvalue weighted by molar-refractivity contribution is 9.11. The Morgan fingerprint density at radius 1 is 0.367 bits per heavy atom. The van der Waals surface area contributed by atoms with Gasteiger partial charge in [0.15, 0.2) is 0 Å². The van der Waals surface area contributed by atoms with E-state index < -0.39 is 10.8 Å². The Labute approximate surface area is 489 Å². The van der Waals surface area contributed by atoms with Crippen LogP contribution in [0.3, 0.4) is 0 Å². The smallest absolute Gasteiger partial charge is 0.150 e. The van der Waals surface area contributed by atoms with Crippen molar-refractivity contribution < 1.29 is 19.4 Å². The van der Waals surface area contributed by atoms with Gasteiger partial charge in [-0.2, -0.15) is 0 Å². The number of hydrogen-bond donors (Lipinski definition) is 1. The van der Waals surface area contributed by atoms with Crippen LogP contribution in [0.1, 0.15) is 118 Å². The van der Waals surface area contributed by atoms with E-state index in [-0.39, 0.29) is 16.6 Å². The molecule has 0 aromatic heterocycles. The summed E-state index contributed by atoms with van der Waals surface area (Å²) < 4.78 is 9.24. The van der Waals surface area contributed by atoms with Gasteiger partial charge in [0.05, 0.1) is 10.8 Å². The number of fused-ring (bicyclic) bond motifs is 6. The second-order valence-corrected chi connectivity index (χ2v) is 24.9. The molecule has 7 heteroatoms. The van der Waals surface area contributed by atoms with E-state index in [1.807, 2.05) is 36.4 Å². The summed E-state index contributed by atoms with van der Waals surface area (Å²) >= 11 is 10.7. The molecule has 0 saturated heterocycles. The SMILES string of the molecule is CC(C)(C)c1ccc(C2(c3ccc(O)cc3)c3ccccc3-c3ccc(Br)cc32)cc1.CC(C)(C)c1ccc(C2(c3ccc(Oc4ccc(C=O)cc4)cc3)c3ccccc3-c3ccc(Br)cc32)cc1.O=Cc1ccc(Br)cc1. The van der Waals surface area contributed by atoms with Crippen LogP contribution in [0.15, 0.2) is 244 Å². The van der Waals surface area contributed by atoms with Crippen LogP contribution in [0.25, 0.3) is 22.3 Å². The molecule has 0 fully saturated rings. The van der Waals surface area contributed by atoms with Gasteiger partial charge in [-0.1, -0.05) is 235 Å². The van der Waals surface area contributed by atoms with Gasteiger partial charge in [0, 0.05) is 24.5 Å². The second kappa shape index (κ2) is 22.4. The Balaban J connectivity index is 0.000000157. The number of rotatable bonds is 8. The molecular formula is C72H59Br3O4. The molecule has 0 amide bonds. The number of phenolic OH excluding ortho intramolecular Hbond substituents is 1. The number of aromatic hydroxyl groups is 1. The van der Waals surface area contributed by atoms with Crippen molar-refractivity contribution in [2.45, 2.75) is 63.2 Å². The van der Waals surface area contributed by atoms with Crippen molar-refractivity contribution in [2.24, 2.45) is 0 Å². The van der Waals surface area contributed by atoms with Crippen LogP contribution in [-0.4, -0.2) is 17.7 Å². The third kappa shape index (κ3) is 10.6. The molecule has 10 aromatic carbocycles. The molecule has 392 valence electrons. The van der Waals surface area contributed by atoms with E-state index in [0.717, 1.165) is 37.3 Å². The van der Waals surface area contributed by atoms with Crippen LogP contribution in [0.4, 0.5) is 0 Å². The number of carbonyl (C=O) groups excluding carboxylic acids is 2. The van der Waals surface area contributed by atoms with Crippen LogP contribution in [0.5, 0.6) is 17.2 Å². The molecule has 10 aromatic rings. The van der Waals surface area contributed by atoms with Gasteiger partial charge >= 0.3 is 0 Å². The van der Waals surface area contributed by atoms with E-state index in [1.165, 1.54) is 72.3 Å². The van der Waals surface area contributed by atoms with Gasteiger partial charge in [0.25, 0.3) is 0 Å². The Hall–Kier alpha value is -7.42. The molecule has 0 spiro atoms. The number of hydrogen-bond acceptors (Lipinski definition) is 4. The molecule has 0 radical (unpaired) electrons. The lowest BCUT2D eigenvalue weighted by atomic mass is 9.67. The third-order valence-corrected chi connectivity index (χ3v) is 16.7. The molecule has 0 bridgehead atoms. The minimum absolute atomic E-state index is 0.0725. The van der Waals surface area contributed by atoms with Gasteiger partial charge < -0.3 is 9.84 Å². The lowest BCUT2D eigenvalue weighted by Crippen LogP contribution is -2.28. The minimum Gasteiger partial charge on any atom is -0.508 e. The molecule has 2 aliphatic carbocycles. The average molecular weight is 1230 g/mol. The first-order valence-electron chi connectivity index (χ1n) is 26.3. The summed E-state index contributed by atoms with van der Waals surface area (Å²) in [4.78, 5) is 21.1. The predicted octanol–water partition coefficient (Wildman–Crippen LogP) is 19.8. The fourth-order valence-corrected chi connectivity index (χ4v) is 12.3. The van der Waals surface area contributed by atoms with Gasteiger partial charge in [-0.3, -0.25) is 9.59 Å². The molecule has 0 saturated carbocycles. The Morgan fingerprint density at radius 2 is 0.684 bits per heavy atom. The van der Waals surface area contributed by atoms with Crippen LogP contribution < -0.4 is 4.74 Å². The monoisotopic (exact) mass is 1220 g/mol. The van der Waals surface area contributed by atoms with Crippen molar-refractivity contribution in [1.82, 2.24) is 0 Å². The lowest BCUT2D eigenvalue weighted by molar-refractivity contribution is 0.111. The van der Waals surface area contributed by atoms with Gasteiger partial charge in [0.1, 0.15) is 29.8 Å². The van der Waals surface area contributed by atoms with E-state index in [0.29, 0.717) is 16.9 Å². The van der Waals surface area contributed by atoms with Crippen molar-refractivity contribution in [3.63, 3.8) is 0 Å². The fourth-order valence-electron chi connectivity index (χ4n) is 11.3. The standard InChI is InChI=1S/C36H29BrO2.C29H25BrO.C7H5BrO/c1-35(2,3)25-10-12-26(13-11-25)36(33-7-5-4-6-31(33)32-21-16-28(37)22-34(32)36)27-14-19-30(20-15-27)39-29-17-8-24(23-38)9-18-29;1-28(2,3)19-8-10-20(11-9-19)29(21-12-15-23(31)16-13-21)26-7-5-4-6-24(26)25-17-14-22(30)18-27(25)29;8-7-3-1-6(5-9)2-4-7/h4-23H,1-3H3;4-18,31H,1-3H3;1-5H. The zero-order valence-electron chi connectivity index (χ0n) is 44.9. The van der Waals surface area contributed by atoms with E-state index in [4.69, 9.17) is 4.74 Å². The highest BCUT2D eigenvalue weighted by Gasteiger charge is 2.48. The quantitative estimate of drug-likeness (QED) is 0.154. The predicted molar refractivity (Wildman–Crippen MR) is 333 cm³/mol. The zero-order chi connectivity index (χ0) is 55.7. The maximum Gasteiger partial charge on any atom is 0.150 e. The summed E-state index contributed by atoms with van der Waals surface area (Å²) in [6.07, 6.45) is 1.66. The minimum atomic E-state index is -0.476. The first-order valence-corrected chi connectivity index (χ1v) is 28.7. The summed E-state index contributed by atoms with van der Waals surface area (Å²) in [5.74, 6) is 1.72. The number of benzene rings is 10. The molecule has 12 rings (SSSR count). The summed E-state index contributed by atoms with van der Waals surface area (Å²) in [7, 11) is 0. The molecule has 2 unspecified atom stereocenters. The molecular weight excluding hydrogens is 1170 g/mol. The van der Waals surface area contributed by atoms with Crippen molar-refractivity contribution in [3.8, 4) is 39.5 Å². The Bertz CT molecular complexity index is 3820. The van der Waals surface area contributed by atoms with Crippen molar-refractivity contribution in [3.05, 3.63) is 311 Å². The van der Waals surface area contributed by atoms with E-state index in [9.17, 15) is 14.7 Å². The average Bonchev–Trinajstić information content (AvgIpc) is 3.92. The number of aldehydes is 2. The zero-order valence-corrected chi connectivity index (χ0v) is 49.7. The highest BCUT2D eigenvalue weighted by Crippen LogP contribution is 2.58. The Morgan fingerprint density at radius 3 is 1.06 bits per heavy atom. The van der Waals surface area contributed by atoms with Gasteiger partial charge in [-0.25, -0.2) is 0 Å². The maximum absolute atomic E-state index is 11.0. The summed E-state index contributed by atoms with van der Waals surface area (Å²) in [6.45, 7) is 13.5. The second-order valence-electron chi connectivity index (χ2n) is 22.2. The molecule has 1 N–H and O–H groups in total. The summed E-state index contributed by atoms with van der Waals surface area (Å²) in [5.41, 5.74) is 18.1. The van der Waals surface area contributed by atoms with Crippen molar-refractivity contribution >= 4 is 60.4 Å². The van der Waals surface area contributed by atoms with Crippen LogP contribution in [0.2, 0.25) is 0 Å².